The van der Waals surface area contributed by atoms with Crippen molar-refractivity contribution in [2.75, 3.05) is 28.6 Å². The minimum absolute atomic E-state index is 0.134. The van der Waals surface area contributed by atoms with E-state index < -0.39 is 0 Å². The molecule has 0 spiro atoms. The topological polar surface area (TPSA) is 90.5 Å². The monoisotopic (exact) mass is 440 g/mol. The third kappa shape index (κ3) is 4.29. The molecule has 1 aromatic heterocycles. The molecule has 0 bridgehead atoms. The molecule has 0 saturated carbocycles. The number of benzene rings is 2. The van der Waals surface area contributed by atoms with Crippen LogP contribution in [0.5, 0.6) is 0 Å². The molecule has 0 unspecified atom stereocenters. The molecule has 30 heavy (non-hydrogen) atoms. The van der Waals surface area contributed by atoms with Gasteiger partial charge < -0.3 is 16.0 Å². The lowest BCUT2D eigenvalue weighted by molar-refractivity contribution is 0.101. The van der Waals surface area contributed by atoms with E-state index in [-0.39, 0.29) is 17.8 Å². The highest BCUT2D eigenvalue weighted by molar-refractivity contribution is 7.12. The Morgan fingerprint density at radius 2 is 1.83 bits per heavy atom. The van der Waals surface area contributed by atoms with Gasteiger partial charge in [-0.25, -0.2) is 4.79 Å². The number of urea groups is 1. The first-order valence-corrected chi connectivity index (χ1v) is 10.4. The number of rotatable bonds is 5. The summed E-state index contributed by atoms with van der Waals surface area (Å²) in [5.41, 5.74) is 2.05. The minimum atomic E-state index is -0.343. The molecule has 152 valence electrons. The lowest BCUT2D eigenvalue weighted by Crippen LogP contribution is -2.27. The average Bonchev–Trinajstić information content (AvgIpc) is 3.42. The van der Waals surface area contributed by atoms with Gasteiger partial charge >= 0.3 is 6.03 Å². The molecule has 3 N–H and O–H groups in total. The van der Waals surface area contributed by atoms with Crippen LogP contribution in [0.4, 0.5) is 21.9 Å². The van der Waals surface area contributed by atoms with Crippen LogP contribution in [0.3, 0.4) is 0 Å². The van der Waals surface area contributed by atoms with E-state index in [1.165, 1.54) is 17.4 Å². The van der Waals surface area contributed by atoms with E-state index in [9.17, 15) is 14.4 Å². The van der Waals surface area contributed by atoms with E-state index in [1.54, 1.807) is 53.4 Å². The number of hydrogen-bond acceptors (Lipinski definition) is 4. The largest absolute Gasteiger partial charge is 0.336 e. The number of anilines is 3. The normalized spacial score (nSPS) is 13.1. The predicted molar refractivity (Wildman–Crippen MR) is 119 cm³/mol. The zero-order valence-corrected chi connectivity index (χ0v) is 17.2. The molecule has 4 amide bonds. The first kappa shape index (κ1) is 19.9. The summed E-state index contributed by atoms with van der Waals surface area (Å²) in [6.45, 7) is 1.22. The van der Waals surface area contributed by atoms with Crippen LogP contribution in [-0.4, -0.2) is 30.9 Å². The molecule has 1 saturated heterocycles. The molecule has 1 aliphatic heterocycles. The molecular weight excluding hydrogens is 424 g/mol. The van der Waals surface area contributed by atoms with Crippen LogP contribution < -0.4 is 20.9 Å². The first-order chi connectivity index (χ1) is 14.5. The number of nitrogens with zero attached hydrogens (tertiary/aromatic N) is 1. The van der Waals surface area contributed by atoms with Crippen molar-refractivity contribution in [1.29, 1.82) is 0 Å². The Labute approximate surface area is 181 Å². The van der Waals surface area contributed by atoms with E-state index in [2.05, 4.69) is 16.0 Å². The summed E-state index contributed by atoms with van der Waals surface area (Å²) in [6.07, 6.45) is 0. The summed E-state index contributed by atoms with van der Waals surface area (Å²) in [5, 5.41) is 10.4. The fourth-order valence-corrected chi connectivity index (χ4v) is 3.78. The van der Waals surface area contributed by atoms with Crippen LogP contribution in [0.1, 0.15) is 20.0 Å². The van der Waals surface area contributed by atoms with E-state index in [0.29, 0.717) is 39.9 Å². The second-order valence-corrected chi connectivity index (χ2v) is 7.87. The molecule has 9 heteroatoms. The number of halogens is 1. The molecular formula is C21H17ClN4O3S. The van der Waals surface area contributed by atoms with Crippen molar-refractivity contribution in [1.82, 2.24) is 5.32 Å². The van der Waals surface area contributed by atoms with Gasteiger partial charge in [0.2, 0.25) is 0 Å². The molecule has 7 nitrogen and oxygen atoms in total. The van der Waals surface area contributed by atoms with Crippen molar-refractivity contribution in [3.63, 3.8) is 0 Å². The molecule has 1 aliphatic rings. The molecule has 4 rings (SSSR count). The number of amides is 4. The highest BCUT2D eigenvalue weighted by Crippen LogP contribution is 2.25. The summed E-state index contributed by atoms with van der Waals surface area (Å²) >= 11 is 7.49. The Morgan fingerprint density at radius 1 is 1.03 bits per heavy atom. The van der Waals surface area contributed by atoms with E-state index >= 15 is 0 Å². The van der Waals surface area contributed by atoms with E-state index in [4.69, 9.17) is 11.6 Å². The van der Waals surface area contributed by atoms with E-state index in [0.717, 1.165) is 5.69 Å². The van der Waals surface area contributed by atoms with Gasteiger partial charge in [-0.05, 0) is 53.9 Å². The fraction of sp³-hybridized carbons (Fsp3) is 0.0952. The minimum Gasteiger partial charge on any atom is -0.336 e. The third-order valence-corrected chi connectivity index (χ3v) is 5.71. The number of nitrogens with one attached hydrogen (secondary N) is 3. The number of hydrogen-bond donors (Lipinski definition) is 3. The molecule has 3 aromatic rings. The van der Waals surface area contributed by atoms with Gasteiger partial charge in [-0.3, -0.25) is 14.5 Å². The molecule has 0 aliphatic carbocycles. The number of carbonyl (C=O) groups is 3. The lowest BCUT2D eigenvalue weighted by Gasteiger charge is -2.15. The number of carbonyl (C=O) groups excluding carboxylic acids is 3. The SMILES string of the molecule is O=C(Nc1ccc(N2CCNC2=O)cc1)c1ccc(Cl)c(NC(=O)c2cccs2)c1. The zero-order chi connectivity index (χ0) is 21.1. The average molecular weight is 441 g/mol. The molecule has 2 heterocycles. The standard InChI is InChI=1S/C21H17ClN4O3S/c22-16-8-3-13(12-17(16)25-20(28)18-2-1-11-30-18)19(27)24-14-4-6-15(7-5-14)26-10-9-23-21(26)29/h1-8,11-12H,9-10H2,(H,23,29)(H,24,27)(H,25,28). The van der Waals surface area contributed by atoms with Crippen LogP contribution in [0.2, 0.25) is 5.02 Å². The lowest BCUT2D eigenvalue weighted by atomic mass is 10.1. The van der Waals surface area contributed by atoms with Crippen LogP contribution in [0.25, 0.3) is 0 Å². The van der Waals surface area contributed by atoms with Crippen molar-refractivity contribution < 1.29 is 14.4 Å². The second kappa shape index (κ2) is 8.56. The Hall–Kier alpha value is -3.36. The van der Waals surface area contributed by atoms with Crippen molar-refractivity contribution in [2.45, 2.75) is 0 Å². The maximum Gasteiger partial charge on any atom is 0.321 e. The summed E-state index contributed by atoms with van der Waals surface area (Å²) in [6, 6.07) is 15.0. The second-order valence-electron chi connectivity index (χ2n) is 6.51. The van der Waals surface area contributed by atoms with Crippen LogP contribution >= 0.6 is 22.9 Å². The Morgan fingerprint density at radius 3 is 2.50 bits per heavy atom. The Balaban J connectivity index is 1.45. The van der Waals surface area contributed by atoms with Gasteiger partial charge in [-0.2, -0.15) is 0 Å². The summed E-state index contributed by atoms with van der Waals surface area (Å²) in [4.78, 5) is 38.8. The fourth-order valence-electron chi connectivity index (χ4n) is 3.00. The van der Waals surface area contributed by atoms with Crippen molar-refractivity contribution in [2.24, 2.45) is 0 Å². The number of thiophene rings is 1. The molecule has 0 radical (unpaired) electrons. The highest BCUT2D eigenvalue weighted by atomic mass is 35.5. The van der Waals surface area contributed by atoms with Gasteiger partial charge in [0, 0.05) is 30.0 Å². The summed E-state index contributed by atoms with van der Waals surface area (Å²) in [5.74, 6) is -0.629. The maximum absolute atomic E-state index is 12.6. The first-order valence-electron chi connectivity index (χ1n) is 9.12. The predicted octanol–water partition coefficient (Wildman–Crippen LogP) is 4.44. The molecule has 1 fully saturated rings. The zero-order valence-electron chi connectivity index (χ0n) is 15.6. The van der Waals surface area contributed by atoms with Crippen LogP contribution in [0.15, 0.2) is 60.0 Å². The van der Waals surface area contributed by atoms with Gasteiger partial charge in [0.25, 0.3) is 11.8 Å². The van der Waals surface area contributed by atoms with Gasteiger partial charge in [0.15, 0.2) is 0 Å². The smallest absolute Gasteiger partial charge is 0.321 e. The Kier molecular flexibility index (Phi) is 5.69. The summed E-state index contributed by atoms with van der Waals surface area (Å²) in [7, 11) is 0. The quantitative estimate of drug-likeness (QED) is 0.548. The van der Waals surface area contributed by atoms with Gasteiger partial charge in [-0.15, -0.1) is 11.3 Å². The van der Waals surface area contributed by atoms with Crippen molar-refractivity contribution in [3.8, 4) is 0 Å². The van der Waals surface area contributed by atoms with Crippen molar-refractivity contribution in [3.05, 3.63) is 75.4 Å². The van der Waals surface area contributed by atoms with Crippen LogP contribution in [-0.2, 0) is 0 Å². The molecule has 2 aromatic carbocycles. The third-order valence-electron chi connectivity index (χ3n) is 4.52. The summed E-state index contributed by atoms with van der Waals surface area (Å²) < 4.78 is 0. The van der Waals surface area contributed by atoms with E-state index in [1.807, 2.05) is 5.38 Å². The highest BCUT2D eigenvalue weighted by Gasteiger charge is 2.21. The van der Waals surface area contributed by atoms with Crippen molar-refractivity contribution >= 4 is 57.8 Å². The van der Waals surface area contributed by atoms with Crippen LogP contribution in [0, 0.1) is 0 Å². The molecule has 0 atom stereocenters. The Bertz CT molecular complexity index is 1100. The van der Waals surface area contributed by atoms with Gasteiger partial charge in [-0.1, -0.05) is 17.7 Å². The van der Waals surface area contributed by atoms with Gasteiger partial charge in [0.1, 0.15) is 0 Å². The maximum atomic E-state index is 12.6. The van der Waals surface area contributed by atoms with Gasteiger partial charge in [0.05, 0.1) is 15.6 Å².